The lowest BCUT2D eigenvalue weighted by molar-refractivity contribution is -0.142. The highest BCUT2D eigenvalue weighted by Crippen LogP contribution is 2.46. The first-order chi connectivity index (χ1) is 29.9. The highest BCUT2D eigenvalue weighted by molar-refractivity contribution is 7.91. The Labute approximate surface area is 360 Å². The number of aromatic nitrogens is 2. The molecule has 3 aromatic rings. The minimum Gasteiger partial charge on any atom is -0.459 e. The van der Waals surface area contributed by atoms with Gasteiger partial charge in [0.15, 0.2) is 0 Å². The second-order valence-electron chi connectivity index (χ2n) is 17.9. The summed E-state index contributed by atoms with van der Waals surface area (Å²) in [5.74, 6) is -2.65. The quantitative estimate of drug-likeness (QED) is 0.263. The van der Waals surface area contributed by atoms with Crippen LogP contribution in [0.1, 0.15) is 83.5 Å². The summed E-state index contributed by atoms with van der Waals surface area (Å²) in [6, 6.07) is 13.1. The van der Waals surface area contributed by atoms with Crippen molar-refractivity contribution >= 4 is 44.7 Å². The maximum Gasteiger partial charge on any atom is 0.408 e. The predicted molar refractivity (Wildman–Crippen MR) is 230 cm³/mol. The molecule has 15 nitrogen and oxygen atoms in total. The van der Waals surface area contributed by atoms with Crippen molar-refractivity contribution in [1.82, 2.24) is 29.8 Å². The summed E-state index contributed by atoms with van der Waals surface area (Å²) in [5, 5.41) is 5.51. The fourth-order valence-corrected chi connectivity index (χ4v) is 11.4. The number of carbonyl (C=O) groups excluding carboxylic acids is 4. The average Bonchev–Trinajstić information content (AvgIpc) is 4.05. The van der Waals surface area contributed by atoms with Crippen LogP contribution in [0.15, 0.2) is 78.1 Å². The molecule has 4 amide bonds. The van der Waals surface area contributed by atoms with Gasteiger partial charge in [0.2, 0.25) is 21.8 Å². The smallest absolute Gasteiger partial charge is 0.408 e. The molecule has 4 saturated carbocycles. The van der Waals surface area contributed by atoms with Crippen molar-refractivity contribution in [1.29, 1.82) is 0 Å². The minimum absolute atomic E-state index is 0.0249. The molecule has 328 valence electrons. The van der Waals surface area contributed by atoms with Crippen LogP contribution in [0.5, 0.6) is 6.01 Å². The third kappa shape index (κ3) is 8.37. The summed E-state index contributed by atoms with van der Waals surface area (Å²) in [5.41, 5.74) is 0.329. The molecule has 6 aliphatic rings. The summed E-state index contributed by atoms with van der Waals surface area (Å²) in [6.45, 7) is 3.86. The largest absolute Gasteiger partial charge is 0.459 e. The molecular formula is C46H54N6O9S. The molecule has 1 aromatic heterocycles. The van der Waals surface area contributed by atoms with Crippen molar-refractivity contribution < 1.29 is 37.1 Å². The van der Waals surface area contributed by atoms with Crippen LogP contribution in [0, 0.1) is 17.8 Å². The fourth-order valence-electron chi connectivity index (χ4n) is 10.1. The molecule has 2 aromatic carbocycles. The monoisotopic (exact) mass is 866 g/mol. The molecule has 1 saturated heterocycles. The Morgan fingerprint density at radius 3 is 2.42 bits per heavy atom. The van der Waals surface area contributed by atoms with E-state index in [0.717, 1.165) is 43.2 Å². The Kier molecular flexibility index (Phi) is 11.5. The molecule has 0 radical (unpaired) electrons. The number of benzene rings is 2. The number of carbonyl (C=O) groups is 4. The van der Waals surface area contributed by atoms with E-state index in [0.29, 0.717) is 49.4 Å². The van der Waals surface area contributed by atoms with E-state index in [1.54, 1.807) is 6.07 Å². The molecule has 4 aliphatic carbocycles. The van der Waals surface area contributed by atoms with E-state index >= 15 is 0 Å². The summed E-state index contributed by atoms with van der Waals surface area (Å²) >= 11 is 0. The highest BCUT2D eigenvalue weighted by Gasteiger charge is 2.62. The van der Waals surface area contributed by atoms with Gasteiger partial charge in [-0.3, -0.25) is 28.5 Å². The normalized spacial score (nSPS) is 29.8. The number of alkyl carbamates (subject to hydrolysis) is 1. The topological polar surface area (TPSA) is 195 Å². The van der Waals surface area contributed by atoms with Gasteiger partial charge < -0.3 is 25.0 Å². The van der Waals surface area contributed by atoms with Gasteiger partial charge in [-0.05, 0) is 99.3 Å². The van der Waals surface area contributed by atoms with Gasteiger partial charge in [-0.1, -0.05) is 67.5 Å². The Bertz CT molecular complexity index is 2460. The highest BCUT2D eigenvalue weighted by atomic mass is 32.2. The number of ether oxygens (including phenoxy) is 2. The standard InChI is InChI=1S/C46H54N6O9S/c1-2-32-26-46(32,43(56)50-62(58,59)34-20-21-34)49-40(53)37-25-33-27-52(37)42(55)39(30-15-8-9-16-30)48-45(57)61-38-18-11-17-29(38)14-7-4-10-23-51-41(54)35-22-19-31(28-12-5-3-6-13-28)24-36(35)47-44(51)60-33/h2-6,10,12-13,19,22,24,29-30,32-34,37-39H,1,7-9,11,14-18,20-21,23,25-27H2,(H,48,57)(H,49,53)(H,50,56)/b10-4+/t29-,32-,33-,37+,38-,39+,46-/m1/s1. The van der Waals surface area contributed by atoms with Crippen LogP contribution in [0.3, 0.4) is 0 Å². The molecule has 5 fully saturated rings. The van der Waals surface area contributed by atoms with Crippen molar-refractivity contribution in [3.8, 4) is 17.1 Å². The molecule has 3 heterocycles. The van der Waals surface area contributed by atoms with Crippen LogP contribution in [0.4, 0.5) is 4.79 Å². The first-order valence-corrected chi connectivity index (χ1v) is 23.7. The first-order valence-electron chi connectivity index (χ1n) is 22.1. The lowest BCUT2D eigenvalue weighted by Gasteiger charge is -2.32. The Balaban J connectivity index is 1.08. The Morgan fingerprint density at radius 1 is 0.903 bits per heavy atom. The maximum atomic E-state index is 15.0. The lowest BCUT2D eigenvalue weighted by atomic mass is 9.96. The Hall–Kier alpha value is -5.51. The van der Waals surface area contributed by atoms with Gasteiger partial charge in [0.25, 0.3) is 17.5 Å². The summed E-state index contributed by atoms with van der Waals surface area (Å²) < 4.78 is 42.0. The summed E-state index contributed by atoms with van der Waals surface area (Å²) in [7, 11) is -3.93. The molecule has 3 N–H and O–H groups in total. The number of nitrogens with one attached hydrogen (secondary N) is 3. The number of hydrogen-bond donors (Lipinski definition) is 3. The maximum absolute atomic E-state index is 15.0. The molecule has 0 unspecified atom stereocenters. The Morgan fingerprint density at radius 2 is 1.68 bits per heavy atom. The minimum atomic E-state index is -3.93. The van der Waals surface area contributed by atoms with Crippen molar-refractivity contribution in [3.05, 3.63) is 83.7 Å². The van der Waals surface area contributed by atoms with Crippen LogP contribution in [-0.2, 0) is 35.7 Å². The molecule has 0 spiro atoms. The van der Waals surface area contributed by atoms with Crippen LogP contribution in [-0.4, -0.2) is 88.3 Å². The SMILES string of the molecule is C=C[C@@H]1C[C@]1(NC(=O)[C@@H]1C[C@@H]2CN1C(=O)[C@H](C1CCCC1)NC(=O)O[C@@H]1CCC[C@H]1CC/C=C/Cn1c(nc3cc(-c4ccccc4)ccc3c1=O)O2)C(=O)NS(=O)(=O)C1CC1. The van der Waals surface area contributed by atoms with Gasteiger partial charge in [-0.2, -0.15) is 4.98 Å². The van der Waals surface area contributed by atoms with Crippen LogP contribution < -0.4 is 25.7 Å². The average molecular weight is 867 g/mol. The van der Waals surface area contributed by atoms with E-state index in [2.05, 4.69) is 21.9 Å². The van der Waals surface area contributed by atoms with Crippen LogP contribution in [0.2, 0.25) is 0 Å². The number of rotatable bonds is 8. The summed E-state index contributed by atoms with van der Waals surface area (Å²) in [6.07, 6.45) is 11.7. The number of hydrogen-bond acceptors (Lipinski definition) is 10. The number of allylic oxidation sites excluding steroid dienone is 2. The van der Waals surface area contributed by atoms with Gasteiger partial charge >= 0.3 is 6.09 Å². The number of sulfonamides is 1. The van der Waals surface area contributed by atoms with Gasteiger partial charge in [-0.15, -0.1) is 6.58 Å². The van der Waals surface area contributed by atoms with Gasteiger partial charge in [-0.25, -0.2) is 13.2 Å². The van der Waals surface area contributed by atoms with Crippen LogP contribution in [0.25, 0.3) is 22.0 Å². The summed E-state index contributed by atoms with van der Waals surface area (Å²) in [4.78, 5) is 77.6. The molecule has 62 heavy (non-hydrogen) atoms. The van der Waals surface area contributed by atoms with Crippen molar-refractivity contribution in [3.63, 3.8) is 0 Å². The van der Waals surface area contributed by atoms with Gasteiger partial charge in [0.1, 0.15) is 29.8 Å². The third-order valence-electron chi connectivity index (χ3n) is 13.8. The van der Waals surface area contributed by atoms with Gasteiger partial charge in [0, 0.05) is 18.9 Å². The van der Waals surface area contributed by atoms with Crippen molar-refractivity contribution in [2.24, 2.45) is 17.8 Å². The second kappa shape index (κ2) is 17.0. The molecule has 16 heteroatoms. The zero-order chi connectivity index (χ0) is 43.2. The molecule has 2 aliphatic heterocycles. The second-order valence-corrected chi connectivity index (χ2v) is 19.9. The molecule has 7 atom stereocenters. The third-order valence-corrected chi connectivity index (χ3v) is 15.6. The van der Waals surface area contributed by atoms with Crippen molar-refractivity contribution in [2.45, 2.75) is 125 Å². The van der Waals surface area contributed by atoms with Crippen molar-refractivity contribution in [2.75, 3.05) is 6.54 Å². The van der Waals surface area contributed by atoms with E-state index < -0.39 is 68.7 Å². The van der Waals surface area contributed by atoms with Gasteiger partial charge in [0.05, 0.1) is 22.7 Å². The number of nitrogens with zero attached hydrogens (tertiary/aromatic N) is 3. The molecule has 2 bridgehead atoms. The number of fused-ring (bicyclic) bond motifs is 5. The number of amides is 4. The van der Waals surface area contributed by atoms with E-state index in [9.17, 15) is 32.4 Å². The lowest BCUT2D eigenvalue weighted by Crippen LogP contribution is -2.59. The zero-order valence-corrected chi connectivity index (χ0v) is 35.5. The van der Waals surface area contributed by atoms with Crippen LogP contribution >= 0.6 is 0 Å². The predicted octanol–water partition coefficient (Wildman–Crippen LogP) is 4.88. The van der Waals surface area contributed by atoms with E-state index in [1.807, 2.05) is 54.6 Å². The van der Waals surface area contributed by atoms with E-state index in [1.165, 1.54) is 15.5 Å². The molecule has 9 rings (SSSR count). The zero-order valence-electron chi connectivity index (χ0n) is 34.7. The first kappa shape index (κ1) is 41.8. The molecular weight excluding hydrogens is 813 g/mol. The van der Waals surface area contributed by atoms with E-state index in [-0.39, 0.29) is 55.4 Å². The van der Waals surface area contributed by atoms with E-state index in [4.69, 9.17) is 14.5 Å². The fraction of sp³-hybridized carbons (Fsp3) is 0.522.